The molecule has 26 heavy (non-hydrogen) atoms. The quantitative estimate of drug-likeness (QED) is 0.882. The Hall–Kier alpha value is -2.43. The normalized spacial score (nSPS) is 18.4. The van der Waals surface area contributed by atoms with E-state index in [1.54, 1.807) is 6.20 Å². The molecule has 1 aliphatic rings. The molecule has 1 saturated heterocycles. The van der Waals surface area contributed by atoms with E-state index in [2.05, 4.69) is 29.0 Å². The van der Waals surface area contributed by atoms with E-state index < -0.39 is 0 Å². The summed E-state index contributed by atoms with van der Waals surface area (Å²) < 4.78 is 0. The molecular weight excluding hydrogens is 324 g/mol. The van der Waals surface area contributed by atoms with Crippen molar-refractivity contribution in [2.45, 2.75) is 58.5 Å². The van der Waals surface area contributed by atoms with E-state index in [1.807, 2.05) is 37.3 Å². The lowest BCUT2D eigenvalue weighted by atomic mass is 10.0. The maximum atomic E-state index is 12.8. The minimum atomic E-state index is -0.0910. The molecule has 0 radical (unpaired) electrons. The van der Waals surface area contributed by atoms with E-state index >= 15 is 0 Å². The molecule has 5 nitrogen and oxygen atoms in total. The molecule has 1 N–H and O–H groups in total. The van der Waals surface area contributed by atoms with Crippen molar-refractivity contribution in [2.24, 2.45) is 0 Å². The monoisotopic (exact) mass is 352 g/mol. The van der Waals surface area contributed by atoms with E-state index in [0.717, 1.165) is 37.2 Å². The van der Waals surface area contributed by atoms with Gasteiger partial charge in [-0.2, -0.15) is 0 Å². The number of aromatic nitrogens is 2. The molecule has 0 bridgehead atoms. The van der Waals surface area contributed by atoms with Crippen LogP contribution >= 0.6 is 0 Å². The highest BCUT2D eigenvalue weighted by Crippen LogP contribution is 2.28. The summed E-state index contributed by atoms with van der Waals surface area (Å²) in [5, 5.41) is 3.05. The summed E-state index contributed by atoms with van der Waals surface area (Å²) in [5.41, 5.74) is 1.53. The number of amides is 1. The van der Waals surface area contributed by atoms with Crippen molar-refractivity contribution in [3.05, 3.63) is 42.1 Å². The average molecular weight is 352 g/mol. The van der Waals surface area contributed by atoms with Crippen molar-refractivity contribution >= 4 is 11.7 Å². The van der Waals surface area contributed by atoms with Gasteiger partial charge in [0.2, 0.25) is 0 Å². The van der Waals surface area contributed by atoms with Crippen LogP contribution in [0.25, 0.3) is 11.4 Å². The van der Waals surface area contributed by atoms with Crippen molar-refractivity contribution in [1.82, 2.24) is 15.3 Å². The summed E-state index contributed by atoms with van der Waals surface area (Å²) >= 11 is 0. The number of benzene rings is 1. The molecule has 5 heteroatoms. The first-order chi connectivity index (χ1) is 12.6. The SMILES string of the molecule is CC[C@@H](C)NC(=O)c1cnc(-c2ccccc2)nc1N1CCCC[C@@H]1C. The second-order valence-electron chi connectivity index (χ2n) is 7.12. The molecule has 1 amide bonds. The average Bonchev–Trinajstić information content (AvgIpc) is 2.68. The molecule has 1 aromatic carbocycles. The standard InChI is InChI=1S/C21H28N4O/c1-4-15(2)23-21(26)18-14-22-19(17-11-6-5-7-12-17)24-20(18)25-13-9-8-10-16(25)3/h5-7,11-12,14-16H,4,8-10,13H2,1-3H3,(H,23,26)/t15-,16+/m1/s1. The van der Waals surface area contributed by atoms with Gasteiger partial charge in [0.15, 0.2) is 5.82 Å². The highest BCUT2D eigenvalue weighted by atomic mass is 16.1. The fourth-order valence-electron chi connectivity index (χ4n) is 3.29. The molecule has 0 aliphatic carbocycles. The lowest BCUT2D eigenvalue weighted by Crippen LogP contribution is -2.40. The number of piperidine rings is 1. The Kier molecular flexibility index (Phi) is 5.86. The van der Waals surface area contributed by atoms with Gasteiger partial charge in [0.25, 0.3) is 5.91 Å². The molecular formula is C21H28N4O. The largest absolute Gasteiger partial charge is 0.353 e. The molecule has 1 aromatic heterocycles. The van der Waals surface area contributed by atoms with Gasteiger partial charge in [-0.3, -0.25) is 4.79 Å². The Morgan fingerprint density at radius 3 is 2.77 bits per heavy atom. The topological polar surface area (TPSA) is 58.1 Å². The number of nitrogens with zero attached hydrogens (tertiary/aromatic N) is 3. The van der Waals surface area contributed by atoms with Crippen LogP contribution < -0.4 is 10.2 Å². The molecule has 2 heterocycles. The van der Waals surface area contributed by atoms with Crippen LogP contribution in [0.1, 0.15) is 56.8 Å². The molecule has 2 aromatic rings. The lowest BCUT2D eigenvalue weighted by molar-refractivity contribution is 0.0939. The van der Waals surface area contributed by atoms with Crippen LogP contribution in [-0.2, 0) is 0 Å². The number of anilines is 1. The van der Waals surface area contributed by atoms with E-state index in [4.69, 9.17) is 4.98 Å². The maximum absolute atomic E-state index is 12.8. The molecule has 1 aliphatic heterocycles. The zero-order valence-corrected chi connectivity index (χ0v) is 15.9. The van der Waals surface area contributed by atoms with E-state index in [-0.39, 0.29) is 11.9 Å². The van der Waals surface area contributed by atoms with E-state index in [1.165, 1.54) is 6.42 Å². The summed E-state index contributed by atoms with van der Waals surface area (Å²) in [6, 6.07) is 10.4. The number of rotatable bonds is 5. The second-order valence-corrected chi connectivity index (χ2v) is 7.12. The molecule has 3 rings (SSSR count). The summed E-state index contributed by atoms with van der Waals surface area (Å²) in [4.78, 5) is 24.4. The summed E-state index contributed by atoms with van der Waals surface area (Å²) in [6.07, 6.45) is 6.05. The number of nitrogens with one attached hydrogen (secondary N) is 1. The van der Waals surface area contributed by atoms with Crippen molar-refractivity contribution in [3.63, 3.8) is 0 Å². The fraction of sp³-hybridized carbons (Fsp3) is 0.476. The fourth-order valence-corrected chi connectivity index (χ4v) is 3.29. The van der Waals surface area contributed by atoms with Gasteiger partial charge in [-0.25, -0.2) is 9.97 Å². The molecule has 0 saturated carbocycles. The zero-order valence-electron chi connectivity index (χ0n) is 15.9. The first kappa shape index (κ1) is 18.4. The van der Waals surface area contributed by atoms with Gasteiger partial charge >= 0.3 is 0 Å². The van der Waals surface area contributed by atoms with Crippen LogP contribution in [0.5, 0.6) is 0 Å². The van der Waals surface area contributed by atoms with Crippen LogP contribution in [0.4, 0.5) is 5.82 Å². The van der Waals surface area contributed by atoms with Crippen molar-refractivity contribution in [1.29, 1.82) is 0 Å². The number of carbonyl (C=O) groups excluding carboxylic acids is 1. The highest BCUT2D eigenvalue weighted by Gasteiger charge is 2.26. The smallest absolute Gasteiger partial charge is 0.256 e. The first-order valence-corrected chi connectivity index (χ1v) is 9.60. The number of hydrogen-bond acceptors (Lipinski definition) is 4. The number of hydrogen-bond donors (Lipinski definition) is 1. The van der Waals surface area contributed by atoms with Gasteiger partial charge in [-0.15, -0.1) is 0 Å². The van der Waals surface area contributed by atoms with Crippen LogP contribution in [0.2, 0.25) is 0 Å². The highest BCUT2D eigenvalue weighted by molar-refractivity contribution is 5.99. The van der Waals surface area contributed by atoms with Gasteiger partial charge in [-0.1, -0.05) is 37.3 Å². The molecule has 138 valence electrons. The predicted molar refractivity (Wildman–Crippen MR) is 105 cm³/mol. The maximum Gasteiger partial charge on any atom is 0.256 e. The molecule has 1 fully saturated rings. The van der Waals surface area contributed by atoms with Gasteiger partial charge < -0.3 is 10.2 Å². The summed E-state index contributed by atoms with van der Waals surface area (Å²) in [5.74, 6) is 1.33. The van der Waals surface area contributed by atoms with E-state index in [0.29, 0.717) is 17.4 Å². The first-order valence-electron chi connectivity index (χ1n) is 9.60. The Morgan fingerprint density at radius 1 is 1.31 bits per heavy atom. The number of carbonyl (C=O) groups is 1. The van der Waals surface area contributed by atoms with E-state index in [9.17, 15) is 4.79 Å². The second kappa shape index (κ2) is 8.30. The van der Waals surface area contributed by atoms with Gasteiger partial charge in [-0.05, 0) is 39.5 Å². The van der Waals surface area contributed by atoms with Crippen LogP contribution in [0.15, 0.2) is 36.5 Å². The Bertz CT molecular complexity index is 747. The van der Waals surface area contributed by atoms with Crippen LogP contribution in [0, 0.1) is 0 Å². The zero-order chi connectivity index (χ0) is 18.5. The molecule has 0 unspecified atom stereocenters. The van der Waals surface area contributed by atoms with Crippen molar-refractivity contribution < 1.29 is 4.79 Å². The van der Waals surface area contributed by atoms with Gasteiger partial charge in [0, 0.05) is 30.4 Å². The third kappa shape index (κ3) is 4.03. The predicted octanol–water partition coefficient (Wildman–Crippen LogP) is 4.05. The summed E-state index contributed by atoms with van der Waals surface area (Å²) in [7, 11) is 0. The molecule has 0 spiro atoms. The third-order valence-corrected chi connectivity index (χ3v) is 5.11. The lowest BCUT2D eigenvalue weighted by Gasteiger charge is -2.35. The van der Waals surface area contributed by atoms with Crippen LogP contribution in [-0.4, -0.2) is 34.5 Å². The minimum absolute atomic E-state index is 0.0910. The van der Waals surface area contributed by atoms with Crippen molar-refractivity contribution in [3.8, 4) is 11.4 Å². The Balaban J connectivity index is 2.01. The third-order valence-electron chi connectivity index (χ3n) is 5.11. The summed E-state index contributed by atoms with van der Waals surface area (Å²) in [6.45, 7) is 7.21. The minimum Gasteiger partial charge on any atom is -0.353 e. The molecule has 2 atom stereocenters. The van der Waals surface area contributed by atoms with Crippen molar-refractivity contribution in [2.75, 3.05) is 11.4 Å². The van der Waals surface area contributed by atoms with Gasteiger partial charge in [0.05, 0.1) is 0 Å². The van der Waals surface area contributed by atoms with Gasteiger partial charge in [0.1, 0.15) is 11.4 Å². The Morgan fingerprint density at radius 2 is 2.08 bits per heavy atom. The van der Waals surface area contributed by atoms with Crippen LogP contribution in [0.3, 0.4) is 0 Å². The Labute approximate surface area is 155 Å².